The first-order chi connectivity index (χ1) is 5.92. The van der Waals surface area contributed by atoms with Gasteiger partial charge in [-0.3, -0.25) is 0 Å². The van der Waals surface area contributed by atoms with E-state index in [4.69, 9.17) is 0 Å². The molecule has 0 spiro atoms. The normalized spacial score (nSPS) is 22.2. The van der Waals surface area contributed by atoms with Crippen LogP contribution in [0.1, 0.15) is 29.2 Å². The molecule has 0 unspecified atom stereocenters. The van der Waals surface area contributed by atoms with Crippen LogP contribution in [0.4, 0.5) is 0 Å². The zero-order valence-electron chi connectivity index (χ0n) is 7.47. The Morgan fingerprint density at radius 2 is 2.58 bits per heavy atom. The van der Waals surface area contributed by atoms with Gasteiger partial charge in [0.1, 0.15) is 0 Å². The van der Waals surface area contributed by atoms with Gasteiger partial charge in [0.2, 0.25) is 0 Å². The second-order valence-corrected chi connectivity index (χ2v) is 4.40. The highest BCUT2D eigenvalue weighted by atomic mass is 32.1. The summed E-state index contributed by atoms with van der Waals surface area (Å²) in [5, 5.41) is 5.51. The third kappa shape index (κ3) is 1.41. The number of rotatable bonds is 2. The van der Waals surface area contributed by atoms with E-state index < -0.39 is 0 Å². The average molecular weight is 181 g/mol. The predicted octanol–water partition coefficient (Wildman–Crippen LogP) is 2.39. The van der Waals surface area contributed by atoms with Gasteiger partial charge in [-0.15, -0.1) is 11.3 Å². The maximum Gasteiger partial charge on any atom is 0.0121 e. The van der Waals surface area contributed by atoms with Crippen LogP contribution in [0.2, 0.25) is 0 Å². The molecule has 0 saturated heterocycles. The van der Waals surface area contributed by atoms with Crippen LogP contribution in [0.15, 0.2) is 11.4 Å². The van der Waals surface area contributed by atoms with Crippen molar-refractivity contribution < 1.29 is 0 Å². The Morgan fingerprint density at radius 3 is 3.42 bits per heavy atom. The minimum atomic E-state index is 0.791. The molecule has 2 rings (SSSR count). The lowest BCUT2D eigenvalue weighted by molar-refractivity contribution is 0.538. The van der Waals surface area contributed by atoms with Crippen molar-refractivity contribution in [1.29, 1.82) is 0 Å². The fourth-order valence-electron chi connectivity index (χ4n) is 2.02. The highest BCUT2D eigenvalue weighted by Gasteiger charge is 2.20. The molecule has 0 fully saturated rings. The molecule has 0 aliphatic heterocycles. The van der Waals surface area contributed by atoms with Crippen molar-refractivity contribution in [1.82, 2.24) is 5.32 Å². The Labute approximate surface area is 77.8 Å². The summed E-state index contributed by atoms with van der Waals surface area (Å²) >= 11 is 1.93. The van der Waals surface area contributed by atoms with E-state index in [0.717, 1.165) is 12.5 Å². The Bertz CT molecular complexity index is 254. The van der Waals surface area contributed by atoms with Crippen molar-refractivity contribution in [3.05, 3.63) is 21.9 Å². The fraction of sp³-hybridized carbons (Fsp3) is 0.600. The molecule has 0 aromatic carbocycles. The third-order valence-electron chi connectivity index (χ3n) is 2.60. The van der Waals surface area contributed by atoms with Gasteiger partial charge >= 0.3 is 0 Å². The van der Waals surface area contributed by atoms with Gasteiger partial charge < -0.3 is 5.32 Å². The first-order valence-electron chi connectivity index (χ1n) is 4.62. The van der Waals surface area contributed by atoms with Crippen LogP contribution in [0.25, 0.3) is 0 Å². The molecule has 66 valence electrons. The van der Waals surface area contributed by atoms with Gasteiger partial charge in [-0.05, 0) is 43.3 Å². The van der Waals surface area contributed by atoms with Gasteiger partial charge in [0.05, 0.1) is 0 Å². The largest absolute Gasteiger partial charge is 0.319 e. The Hall–Kier alpha value is -0.340. The molecule has 2 heteroatoms. The van der Waals surface area contributed by atoms with E-state index in [0.29, 0.717) is 0 Å². The van der Waals surface area contributed by atoms with Crippen molar-refractivity contribution in [2.75, 3.05) is 13.6 Å². The molecular formula is C10H15NS. The van der Waals surface area contributed by atoms with Crippen LogP contribution in [0, 0.1) is 0 Å². The zero-order valence-corrected chi connectivity index (χ0v) is 8.29. The van der Waals surface area contributed by atoms with Crippen LogP contribution in [-0.4, -0.2) is 13.6 Å². The molecule has 0 saturated carbocycles. The Morgan fingerprint density at radius 1 is 1.67 bits per heavy atom. The SMILES string of the molecule is CNC[C@H]1CCCc2ccsc21. The van der Waals surface area contributed by atoms with Gasteiger partial charge in [-0.25, -0.2) is 0 Å². The molecule has 1 aromatic rings. The highest BCUT2D eigenvalue weighted by molar-refractivity contribution is 7.10. The third-order valence-corrected chi connectivity index (χ3v) is 3.72. The van der Waals surface area contributed by atoms with Gasteiger partial charge in [0.15, 0.2) is 0 Å². The summed E-state index contributed by atoms with van der Waals surface area (Å²) in [6, 6.07) is 2.29. The van der Waals surface area contributed by atoms with Crippen LogP contribution in [0.5, 0.6) is 0 Å². The van der Waals surface area contributed by atoms with Gasteiger partial charge in [0, 0.05) is 17.3 Å². The topological polar surface area (TPSA) is 12.0 Å². The molecule has 0 bridgehead atoms. The standard InChI is InChI=1S/C10H15NS/c1-11-7-9-4-2-3-8-5-6-12-10(8)9/h5-6,9,11H,2-4,7H2,1H3/t9-/m1/s1. The monoisotopic (exact) mass is 181 g/mol. The molecular weight excluding hydrogens is 166 g/mol. The molecule has 1 heterocycles. The Balaban J connectivity index is 2.19. The smallest absolute Gasteiger partial charge is 0.0121 e. The fourth-order valence-corrected chi connectivity index (χ4v) is 3.12. The summed E-state index contributed by atoms with van der Waals surface area (Å²) in [5.74, 6) is 0.791. The van der Waals surface area contributed by atoms with Crippen molar-refractivity contribution in [2.45, 2.75) is 25.2 Å². The average Bonchev–Trinajstić information content (AvgIpc) is 2.53. The van der Waals surface area contributed by atoms with Crippen LogP contribution < -0.4 is 5.32 Å². The predicted molar refractivity (Wildman–Crippen MR) is 53.9 cm³/mol. The van der Waals surface area contributed by atoms with Crippen LogP contribution in [-0.2, 0) is 6.42 Å². The molecule has 1 aliphatic rings. The maximum atomic E-state index is 3.27. The van der Waals surface area contributed by atoms with Crippen LogP contribution >= 0.6 is 11.3 Å². The van der Waals surface area contributed by atoms with E-state index in [1.807, 2.05) is 18.4 Å². The summed E-state index contributed by atoms with van der Waals surface area (Å²) in [6.07, 6.45) is 4.05. The van der Waals surface area contributed by atoms with Gasteiger partial charge in [-0.2, -0.15) is 0 Å². The minimum absolute atomic E-state index is 0.791. The van der Waals surface area contributed by atoms with Crippen molar-refractivity contribution in [3.8, 4) is 0 Å². The summed E-state index contributed by atoms with van der Waals surface area (Å²) in [6.45, 7) is 1.15. The lowest BCUT2D eigenvalue weighted by Crippen LogP contribution is -2.19. The molecule has 0 radical (unpaired) electrons. The molecule has 0 amide bonds. The van der Waals surface area contributed by atoms with E-state index in [9.17, 15) is 0 Å². The van der Waals surface area contributed by atoms with Crippen LogP contribution in [0.3, 0.4) is 0 Å². The Kier molecular flexibility index (Phi) is 2.47. The molecule has 1 atom stereocenters. The van der Waals surface area contributed by atoms with Gasteiger partial charge in [-0.1, -0.05) is 0 Å². The molecule has 12 heavy (non-hydrogen) atoms. The number of hydrogen-bond donors (Lipinski definition) is 1. The number of likely N-dealkylation sites (N-methyl/N-ethyl adjacent to an activating group) is 1. The number of thiophene rings is 1. The van der Waals surface area contributed by atoms with Crippen molar-refractivity contribution >= 4 is 11.3 Å². The second-order valence-electron chi connectivity index (χ2n) is 3.46. The molecule has 1 aliphatic carbocycles. The molecule has 1 nitrogen and oxygen atoms in total. The van der Waals surface area contributed by atoms with Crippen molar-refractivity contribution in [3.63, 3.8) is 0 Å². The number of nitrogens with one attached hydrogen (secondary N) is 1. The maximum absolute atomic E-state index is 3.27. The highest BCUT2D eigenvalue weighted by Crippen LogP contribution is 2.34. The molecule has 1 N–H and O–H groups in total. The van der Waals surface area contributed by atoms with E-state index in [1.54, 1.807) is 10.4 Å². The molecule has 1 aromatic heterocycles. The first-order valence-corrected chi connectivity index (χ1v) is 5.50. The zero-order chi connectivity index (χ0) is 8.39. The lowest BCUT2D eigenvalue weighted by Gasteiger charge is -2.21. The van der Waals surface area contributed by atoms with Gasteiger partial charge in [0.25, 0.3) is 0 Å². The van der Waals surface area contributed by atoms with E-state index in [-0.39, 0.29) is 0 Å². The van der Waals surface area contributed by atoms with Crippen molar-refractivity contribution in [2.24, 2.45) is 0 Å². The minimum Gasteiger partial charge on any atom is -0.319 e. The summed E-state index contributed by atoms with van der Waals surface area (Å²) in [7, 11) is 2.04. The first kappa shape index (κ1) is 8.27. The lowest BCUT2D eigenvalue weighted by atomic mass is 9.89. The summed E-state index contributed by atoms with van der Waals surface area (Å²) < 4.78 is 0. The van der Waals surface area contributed by atoms with E-state index in [2.05, 4.69) is 16.8 Å². The summed E-state index contributed by atoms with van der Waals surface area (Å²) in [4.78, 5) is 1.63. The number of fused-ring (bicyclic) bond motifs is 1. The summed E-state index contributed by atoms with van der Waals surface area (Å²) in [5.41, 5.74) is 1.60. The van der Waals surface area contributed by atoms with E-state index >= 15 is 0 Å². The number of aryl methyl sites for hydroxylation is 1. The van der Waals surface area contributed by atoms with E-state index in [1.165, 1.54) is 19.3 Å². The number of hydrogen-bond acceptors (Lipinski definition) is 2. The second kappa shape index (κ2) is 3.58. The quantitative estimate of drug-likeness (QED) is 0.738.